The minimum Gasteiger partial charge on any atom is -0.398 e. The van der Waals surface area contributed by atoms with Crippen molar-refractivity contribution >= 4 is 11.5 Å². The van der Waals surface area contributed by atoms with E-state index < -0.39 is 0 Å². The van der Waals surface area contributed by atoms with Crippen LogP contribution in [0.1, 0.15) is 19.4 Å². The summed E-state index contributed by atoms with van der Waals surface area (Å²) in [7, 11) is 0. The van der Waals surface area contributed by atoms with Gasteiger partial charge in [0.05, 0.1) is 0 Å². The lowest BCUT2D eigenvalue weighted by Crippen LogP contribution is -2.27. The number of aromatic nitrogens is 1. The second kappa shape index (κ2) is 3.43. The smallest absolute Gasteiger partial charge is 0.133 e. The van der Waals surface area contributed by atoms with E-state index in [0.29, 0.717) is 17.0 Å². The average Bonchev–Trinajstić information content (AvgIpc) is 2.08. The number of anilines is 1. The Labute approximate surface area is 77.0 Å². The lowest BCUT2D eigenvalue weighted by molar-refractivity contribution is 0.908. The summed E-state index contributed by atoms with van der Waals surface area (Å²) in [6.07, 6.45) is 2.36. The van der Waals surface area contributed by atoms with E-state index in [4.69, 9.17) is 16.6 Å². The maximum Gasteiger partial charge on any atom is 0.133 e. The third-order valence-electron chi connectivity index (χ3n) is 1.91. The number of nitrogen functional groups attached to an aromatic ring is 1. The van der Waals surface area contributed by atoms with Crippen LogP contribution in [-0.2, 0) is 6.42 Å². The first-order valence-corrected chi connectivity index (χ1v) is 4.17. The Kier molecular flexibility index (Phi) is 2.51. The minimum absolute atomic E-state index is 0.312. The molecule has 0 unspecified atom stereocenters. The molecule has 0 atom stereocenters. The van der Waals surface area contributed by atoms with E-state index in [1.165, 1.54) is 4.57 Å². The Hall–Kier alpha value is -1.58. The third-order valence-corrected chi connectivity index (χ3v) is 1.91. The molecule has 70 valence electrons. The van der Waals surface area contributed by atoms with Gasteiger partial charge in [-0.2, -0.15) is 0 Å². The monoisotopic (exact) mass is 178 g/mol. The molecule has 0 radical (unpaired) electrons. The van der Waals surface area contributed by atoms with Gasteiger partial charge in [-0.25, -0.2) is 0 Å². The fourth-order valence-corrected chi connectivity index (χ4v) is 1.21. The first-order valence-electron chi connectivity index (χ1n) is 4.17. The van der Waals surface area contributed by atoms with Crippen molar-refractivity contribution < 1.29 is 0 Å². The van der Waals surface area contributed by atoms with Gasteiger partial charge in [0.15, 0.2) is 0 Å². The fraction of sp³-hybridized carbons (Fsp3) is 0.333. The predicted octanol–water partition coefficient (Wildman–Crippen LogP) is 0.957. The Balaban J connectivity index is 3.45. The van der Waals surface area contributed by atoms with Gasteiger partial charge in [0.2, 0.25) is 0 Å². The Morgan fingerprint density at radius 2 is 2.23 bits per heavy atom. The maximum atomic E-state index is 7.74. The summed E-state index contributed by atoms with van der Waals surface area (Å²) in [5.41, 5.74) is 7.46. The van der Waals surface area contributed by atoms with Crippen molar-refractivity contribution in [1.29, 1.82) is 10.8 Å². The first kappa shape index (κ1) is 9.51. The van der Waals surface area contributed by atoms with Crippen molar-refractivity contribution in [1.82, 2.24) is 4.57 Å². The summed E-state index contributed by atoms with van der Waals surface area (Å²) >= 11 is 0. The zero-order chi connectivity index (χ0) is 10.0. The molecule has 0 spiro atoms. The van der Waals surface area contributed by atoms with E-state index in [1.54, 1.807) is 19.2 Å². The molecule has 1 rings (SSSR count). The normalized spacial score (nSPS) is 10.0. The van der Waals surface area contributed by atoms with Crippen molar-refractivity contribution in [3.05, 3.63) is 23.3 Å². The summed E-state index contributed by atoms with van der Waals surface area (Å²) in [5, 5.41) is 15.2. The second-order valence-corrected chi connectivity index (χ2v) is 2.96. The van der Waals surface area contributed by atoms with Gasteiger partial charge in [-0.15, -0.1) is 0 Å². The first-order chi connectivity index (χ1) is 6.06. The molecule has 0 saturated carbocycles. The number of pyridine rings is 1. The quantitative estimate of drug-likeness (QED) is 0.434. The molecule has 4 nitrogen and oxygen atoms in total. The molecule has 0 fully saturated rings. The molecule has 0 amide bonds. The number of nitrogens with two attached hydrogens (primary N) is 1. The van der Waals surface area contributed by atoms with Gasteiger partial charge >= 0.3 is 0 Å². The van der Waals surface area contributed by atoms with Crippen molar-refractivity contribution in [2.24, 2.45) is 0 Å². The molecule has 0 aliphatic heterocycles. The Morgan fingerprint density at radius 1 is 1.62 bits per heavy atom. The molecule has 4 heteroatoms. The molecule has 13 heavy (non-hydrogen) atoms. The number of nitrogens with zero attached hydrogens (tertiary/aromatic N) is 1. The molecule has 0 aromatic carbocycles. The van der Waals surface area contributed by atoms with Crippen LogP contribution in [0.3, 0.4) is 0 Å². The summed E-state index contributed by atoms with van der Waals surface area (Å²) < 4.78 is 1.48. The summed E-state index contributed by atoms with van der Waals surface area (Å²) in [6, 6.07) is 1.78. The fourth-order valence-electron chi connectivity index (χ4n) is 1.21. The van der Waals surface area contributed by atoms with Crippen molar-refractivity contribution in [2.75, 3.05) is 5.73 Å². The van der Waals surface area contributed by atoms with E-state index >= 15 is 0 Å². The average molecular weight is 178 g/mol. The highest BCUT2D eigenvalue weighted by Gasteiger charge is 2.01. The molecule has 0 saturated heterocycles. The van der Waals surface area contributed by atoms with Gasteiger partial charge in [0.25, 0.3) is 0 Å². The number of nitrogens with one attached hydrogen (secondary N) is 2. The summed E-state index contributed by atoms with van der Waals surface area (Å²) in [4.78, 5) is 0. The molecular weight excluding hydrogens is 164 g/mol. The zero-order valence-corrected chi connectivity index (χ0v) is 7.89. The highest BCUT2D eigenvalue weighted by Crippen LogP contribution is 2.02. The standard InChI is InChI=1S/C9H14N4/c1-3-7-4-8(11)5-13(6(2)10)9(7)12/h4-5,10,12H,3,11H2,1-2H3. The molecule has 4 N–H and O–H groups in total. The molecule has 0 bridgehead atoms. The SMILES string of the molecule is CCc1cc(N)cn(C(C)=N)c1=N. The van der Waals surface area contributed by atoms with Crippen LogP contribution in [0, 0.1) is 10.8 Å². The third kappa shape index (κ3) is 1.77. The lowest BCUT2D eigenvalue weighted by Gasteiger charge is -2.08. The van der Waals surface area contributed by atoms with Crippen LogP contribution in [0.4, 0.5) is 5.69 Å². The van der Waals surface area contributed by atoms with E-state index in [2.05, 4.69) is 0 Å². The van der Waals surface area contributed by atoms with Crippen LogP contribution in [0.15, 0.2) is 12.3 Å². The number of hydrogen-bond acceptors (Lipinski definition) is 3. The zero-order valence-electron chi connectivity index (χ0n) is 7.89. The van der Waals surface area contributed by atoms with Crippen molar-refractivity contribution in [3.63, 3.8) is 0 Å². The van der Waals surface area contributed by atoms with Crippen LogP contribution in [0.25, 0.3) is 0 Å². The maximum absolute atomic E-state index is 7.74. The van der Waals surface area contributed by atoms with Gasteiger partial charge in [0.1, 0.15) is 11.3 Å². The van der Waals surface area contributed by atoms with Crippen LogP contribution >= 0.6 is 0 Å². The number of hydrogen-bond donors (Lipinski definition) is 3. The molecule has 1 heterocycles. The molecule has 0 aliphatic carbocycles. The summed E-state index contributed by atoms with van der Waals surface area (Å²) in [6.45, 7) is 3.60. The minimum atomic E-state index is 0.312. The van der Waals surface area contributed by atoms with E-state index in [-0.39, 0.29) is 0 Å². The Bertz CT molecular complexity index is 389. The predicted molar refractivity (Wildman–Crippen MR) is 52.9 cm³/mol. The summed E-state index contributed by atoms with van der Waals surface area (Å²) in [5.74, 6) is 0.312. The van der Waals surface area contributed by atoms with Gasteiger partial charge in [-0.1, -0.05) is 6.92 Å². The molecule has 0 aliphatic rings. The van der Waals surface area contributed by atoms with E-state index in [9.17, 15) is 0 Å². The van der Waals surface area contributed by atoms with Crippen LogP contribution < -0.4 is 11.2 Å². The van der Waals surface area contributed by atoms with Gasteiger partial charge in [-0.05, 0) is 25.0 Å². The van der Waals surface area contributed by atoms with E-state index in [1.807, 2.05) is 6.92 Å². The van der Waals surface area contributed by atoms with Crippen LogP contribution in [-0.4, -0.2) is 10.4 Å². The molecule has 1 aromatic heterocycles. The number of rotatable bonds is 1. The second-order valence-electron chi connectivity index (χ2n) is 2.96. The molecule has 1 aromatic rings. The topological polar surface area (TPSA) is 78.7 Å². The van der Waals surface area contributed by atoms with Crippen molar-refractivity contribution in [3.8, 4) is 0 Å². The van der Waals surface area contributed by atoms with Crippen molar-refractivity contribution in [2.45, 2.75) is 20.3 Å². The highest BCUT2D eigenvalue weighted by molar-refractivity contribution is 5.79. The number of aryl methyl sites for hydroxylation is 1. The van der Waals surface area contributed by atoms with Crippen LogP contribution in [0.2, 0.25) is 0 Å². The molecular formula is C9H14N4. The van der Waals surface area contributed by atoms with Gasteiger partial charge in [-0.3, -0.25) is 15.4 Å². The van der Waals surface area contributed by atoms with Gasteiger partial charge in [0, 0.05) is 11.9 Å². The van der Waals surface area contributed by atoms with Gasteiger partial charge < -0.3 is 5.73 Å². The largest absolute Gasteiger partial charge is 0.398 e. The lowest BCUT2D eigenvalue weighted by atomic mass is 10.2. The van der Waals surface area contributed by atoms with E-state index in [0.717, 1.165) is 12.0 Å². The highest BCUT2D eigenvalue weighted by atomic mass is 15.0. The Morgan fingerprint density at radius 3 is 2.69 bits per heavy atom. The van der Waals surface area contributed by atoms with Crippen LogP contribution in [0.5, 0.6) is 0 Å².